The van der Waals surface area contributed by atoms with Crippen LogP contribution < -0.4 is 11.1 Å². The molecule has 0 aliphatic heterocycles. The Morgan fingerprint density at radius 2 is 2.35 bits per heavy atom. The zero-order valence-corrected chi connectivity index (χ0v) is 9.50. The van der Waals surface area contributed by atoms with Crippen LogP contribution in [0.15, 0.2) is 12.1 Å². The van der Waals surface area contributed by atoms with Gasteiger partial charge in [0.15, 0.2) is 5.69 Å². The highest BCUT2D eigenvalue weighted by atomic mass is 19.1. The zero-order chi connectivity index (χ0) is 12.5. The van der Waals surface area contributed by atoms with Gasteiger partial charge in [0, 0.05) is 0 Å². The maximum Gasteiger partial charge on any atom is 0.356 e. The van der Waals surface area contributed by atoms with Gasteiger partial charge in [0.1, 0.15) is 11.5 Å². The van der Waals surface area contributed by atoms with Gasteiger partial charge in [-0.15, -0.1) is 0 Å². The number of carbonyl (C=O) groups is 1. The Labute approximate surface area is 98.2 Å². The smallest absolute Gasteiger partial charge is 0.356 e. The summed E-state index contributed by atoms with van der Waals surface area (Å²) >= 11 is 0. The van der Waals surface area contributed by atoms with Gasteiger partial charge in [-0.25, -0.2) is 14.2 Å². The number of nitrogen functional groups attached to an aromatic ring is 1. The molecule has 1 aliphatic carbocycles. The Morgan fingerprint density at radius 3 is 2.94 bits per heavy atom. The molecule has 0 unspecified atom stereocenters. The number of rotatable bonds is 4. The molecule has 0 spiro atoms. The van der Waals surface area contributed by atoms with Crippen molar-refractivity contribution in [2.45, 2.75) is 18.5 Å². The molecule has 1 aromatic rings. The first-order valence-corrected chi connectivity index (χ1v) is 5.32. The molecule has 0 bridgehead atoms. The summed E-state index contributed by atoms with van der Waals surface area (Å²) in [7, 11) is 1.27. The molecule has 5 nitrogen and oxygen atoms in total. The lowest BCUT2D eigenvalue weighted by Gasteiger charge is -2.11. The van der Waals surface area contributed by atoms with Gasteiger partial charge in [-0.3, -0.25) is 0 Å². The molecule has 6 heteroatoms. The third-order valence-electron chi connectivity index (χ3n) is 2.69. The fraction of sp³-hybridized carbons (Fsp3) is 0.455. The molecule has 1 heterocycles. The molecule has 1 aliphatic rings. The summed E-state index contributed by atoms with van der Waals surface area (Å²) in [5, 5.41) is 2.82. The summed E-state index contributed by atoms with van der Waals surface area (Å²) in [6.07, 6.45) is 1.10. The topological polar surface area (TPSA) is 77.2 Å². The van der Waals surface area contributed by atoms with Crippen LogP contribution in [0.1, 0.15) is 23.3 Å². The lowest BCUT2D eigenvalue weighted by atomic mass is 10.3. The highest BCUT2D eigenvalue weighted by Gasteiger charge is 2.43. The largest absolute Gasteiger partial charge is 0.464 e. The van der Waals surface area contributed by atoms with E-state index in [9.17, 15) is 9.18 Å². The second-order valence-electron chi connectivity index (χ2n) is 4.13. The number of methoxy groups -OCH3 is 1. The van der Waals surface area contributed by atoms with Crippen molar-refractivity contribution in [3.63, 3.8) is 0 Å². The summed E-state index contributed by atoms with van der Waals surface area (Å²) in [5.74, 6) is -0.230. The standard InChI is InChI=1S/C11H14FN3O2/c1-17-10(16)8-3-2-7(13)9(15-8)14-6-11(12)4-5-11/h2-3H,4-6,13H2,1H3,(H,14,15). The van der Waals surface area contributed by atoms with Crippen molar-refractivity contribution >= 4 is 17.5 Å². The first-order chi connectivity index (χ1) is 8.04. The van der Waals surface area contributed by atoms with Crippen molar-refractivity contribution in [1.29, 1.82) is 0 Å². The average Bonchev–Trinajstić information content (AvgIpc) is 3.06. The minimum Gasteiger partial charge on any atom is -0.464 e. The summed E-state index contributed by atoms with van der Waals surface area (Å²) in [5.41, 5.74) is 5.06. The van der Waals surface area contributed by atoms with E-state index in [2.05, 4.69) is 15.0 Å². The van der Waals surface area contributed by atoms with Gasteiger partial charge in [-0.05, 0) is 25.0 Å². The van der Waals surface area contributed by atoms with E-state index in [1.165, 1.54) is 13.2 Å². The Bertz CT molecular complexity index is 446. The van der Waals surface area contributed by atoms with E-state index < -0.39 is 11.6 Å². The second-order valence-corrected chi connectivity index (χ2v) is 4.13. The number of pyridine rings is 1. The molecule has 92 valence electrons. The fourth-order valence-electron chi connectivity index (χ4n) is 1.38. The van der Waals surface area contributed by atoms with Crippen molar-refractivity contribution < 1.29 is 13.9 Å². The number of hydrogen-bond donors (Lipinski definition) is 2. The number of ether oxygens (including phenoxy) is 1. The third-order valence-corrected chi connectivity index (χ3v) is 2.69. The van der Waals surface area contributed by atoms with E-state index >= 15 is 0 Å². The highest BCUT2D eigenvalue weighted by molar-refractivity contribution is 5.88. The van der Waals surface area contributed by atoms with Crippen molar-refractivity contribution in [3.05, 3.63) is 17.8 Å². The summed E-state index contributed by atoms with van der Waals surface area (Å²) in [6.45, 7) is 0.162. The van der Waals surface area contributed by atoms with Crippen molar-refractivity contribution in [2.24, 2.45) is 0 Å². The van der Waals surface area contributed by atoms with Crippen LogP contribution in [0, 0.1) is 0 Å². The normalized spacial score (nSPS) is 16.4. The van der Waals surface area contributed by atoms with Crippen LogP contribution in [0.25, 0.3) is 0 Å². The van der Waals surface area contributed by atoms with Gasteiger partial charge in [0.25, 0.3) is 0 Å². The predicted octanol–water partition coefficient (Wildman–Crippen LogP) is 1.36. The predicted molar refractivity (Wildman–Crippen MR) is 61.6 cm³/mol. The third kappa shape index (κ3) is 2.64. The van der Waals surface area contributed by atoms with Gasteiger partial charge < -0.3 is 15.8 Å². The van der Waals surface area contributed by atoms with E-state index in [4.69, 9.17) is 5.73 Å². The Balaban J connectivity index is 2.11. The molecule has 0 atom stereocenters. The quantitative estimate of drug-likeness (QED) is 0.776. The van der Waals surface area contributed by atoms with Gasteiger partial charge in [-0.1, -0.05) is 0 Å². The van der Waals surface area contributed by atoms with Gasteiger partial charge >= 0.3 is 5.97 Å². The fourth-order valence-corrected chi connectivity index (χ4v) is 1.38. The van der Waals surface area contributed by atoms with E-state index in [0.717, 1.165) is 0 Å². The lowest BCUT2D eigenvalue weighted by Crippen LogP contribution is -2.18. The molecular formula is C11H14FN3O2. The SMILES string of the molecule is COC(=O)c1ccc(N)c(NCC2(F)CC2)n1. The molecule has 17 heavy (non-hydrogen) atoms. The summed E-state index contributed by atoms with van der Waals surface area (Å²) in [4.78, 5) is 15.3. The minimum atomic E-state index is -1.14. The first-order valence-electron chi connectivity index (χ1n) is 5.32. The molecule has 0 aromatic carbocycles. The highest BCUT2D eigenvalue weighted by Crippen LogP contribution is 2.39. The summed E-state index contributed by atoms with van der Waals surface area (Å²) in [6, 6.07) is 3.01. The van der Waals surface area contributed by atoms with Crippen LogP contribution in [-0.4, -0.2) is 30.3 Å². The number of aromatic nitrogens is 1. The Kier molecular flexibility index (Phi) is 2.87. The van der Waals surface area contributed by atoms with E-state index in [-0.39, 0.29) is 12.2 Å². The van der Waals surface area contributed by atoms with Gasteiger partial charge in [-0.2, -0.15) is 0 Å². The number of esters is 1. The zero-order valence-electron chi connectivity index (χ0n) is 9.50. The number of nitrogens with two attached hydrogens (primary N) is 1. The molecular weight excluding hydrogens is 225 g/mol. The Hall–Kier alpha value is -1.85. The second kappa shape index (κ2) is 4.20. The number of nitrogens with zero attached hydrogens (tertiary/aromatic N) is 1. The van der Waals surface area contributed by atoms with Crippen molar-refractivity contribution in [1.82, 2.24) is 4.98 Å². The molecule has 0 amide bonds. The maximum atomic E-state index is 13.4. The van der Waals surface area contributed by atoms with Crippen LogP contribution >= 0.6 is 0 Å². The van der Waals surface area contributed by atoms with E-state index in [1.807, 2.05) is 0 Å². The van der Waals surface area contributed by atoms with Crippen LogP contribution in [0.5, 0.6) is 0 Å². The van der Waals surface area contributed by atoms with Crippen LogP contribution in [0.2, 0.25) is 0 Å². The molecule has 2 rings (SSSR count). The number of alkyl halides is 1. The first kappa shape index (κ1) is 11.6. The number of anilines is 2. The Morgan fingerprint density at radius 1 is 1.65 bits per heavy atom. The molecule has 3 N–H and O–H groups in total. The molecule has 1 fully saturated rings. The number of hydrogen-bond acceptors (Lipinski definition) is 5. The van der Waals surface area contributed by atoms with E-state index in [0.29, 0.717) is 24.3 Å². The average molecular weight is 239 g/mol. The molecule has 0 radical (unpaired) electrons. The van der Waals surface area contributed by atoms with Crippen LogP contribution in [-0.2, 0) is 4.74 Å². The monoisotopic (exact) mass is 239 g/mol. The van der Waals surface area contributed by atoms with E-state index in [1.54, 1.807) is 6.07 Å². The number of halogens is 1. The molecule has 0 saturated heterocycles. The molecule has 1 aromatic heterocycles. The van der Waals surface area contributed by atoms with Crippen molar-refractivity contribution in [2.75, 3.05) is 24.7 Å². The molecule has 1 saturated carbocycles. The number of nitrogens with one attached hydrogen (secondary N) is 1. The summed E-state index contributed by atoms with van der Waals surface area (Å²) < 4.78 is 18.0. The maximum absolute atomic E-state index is 13.4. The number of carbonyl (C=O) groups excluding carboxylic acids is 1. The van der Waals surface area contributed by atoms with Gasteiger partial charge in [0.05, 0.1) is 19.3 Å². The minimum absolute atomic E-state index is 0.146. The van der Waals surface area contributed by atoms with Crippen molar-refractivity contribution in [3.8, 4) is 0 Å². The van der Waals surface area contributed by atoms with Crippen LogP contribution in [0.4, 0.5) is 15.9 Å². The van der Waals surface area contributed by atoms with Crippen LogP contribution in [0.3, 0.4) is 0 Å². The lowest BCUT2D eigenvalue weighted by molar-refractivity contribution is 0.0594. The van der Waals surface area contributed by atoms with Gasteiger partial charge in [0.2, 0.25) is 0 Å².